The minimum absolute atomic E-state index is 0.256. The van der Waals surface area contributed by atoms with Gasteiger partial charge in [0.25, 0.3) is 0 Å². The van der Waals surface area contributed by atoms with E-state index in [0.29, 0.717) is 21.5 Å². The summed E-state index contributed by atoms with van der Waals surface area (Å²) in [6.07, 6.45) is 8.68. The predicted octanol–water partition coefficient (Wildman–Crippen LogP) is 9.52. The Morgan fingerprint density at radius 2 is 0.611 bits per heavy atom. The Morgan fingerprint density at radius 1 is 0.389 bits per heavy atom. The number of aromatic hydroxyl groups is 2. The zero-order chi connectivity index (χ0) is 25.4. The molecule has 2 nitrogen and oxygen atoms in total. The molecule has 0 unspecified atom stereocenters. The topological polar surface area (TPSA) is 40.5 Å². The third kappa shape index (κ3) is 4.17. The monoisotopic (exact) mass is 478 g/mol. The summed E-state index contributed by atoms with van der Waals surface area (Å²) in [6.45, 7) is 8.88. The summed E-state index contributed by atoms with van der Waals surface area (Å²) >= 11 is 0. The highest BCUT2D eigenvalue weighted by Gasteiger charge is 2.17. The second-order valence-corrected chi connectivity index (χ2v) is 10.4. The number of hydrogen-bond acceptors (Lipinski definition) is 2. The second kappa shape index (κ2) is 10.0. The summed E-state index contributed by atoms with van der Waals surface area (Å²) in [6, 6.07) is 17.4. The normalized spacial score (nSPS) is 11.9. The molecule has 0 aliphatic heterocycles. The van der Waals surface area contributed by atoms with Gasteiger partial charge in [-0.3, -0.25) is 0 Å². The number of fused-ring (bicyclic) bond motifs is 4. The largest absolute Gasteiger partial charge is 0.507 e. The molecule has 2 N–H and O–H groups in total. The van der Waals surface area contributed by atoms with Gasteiger partial charge < -0.3 is 10.2 Å². The predicted molar refractivity (Wildman–Crippen MR) is 156 cm³/mol. The van der Waals surface area contributed by atoms with Crippen LogP contribution in [0, 0.1) is 0 Å². The number of phenolic OH excluding ortho intramolecular Hbond substituents is 2. The summed E-state index contributed by atoms with van der Waals surface area (Å²) in [4.78, 5) is 0. The van der Waals surface area contributed by atoms with Crippen LogP contribution in [0.25, 0.3) is 43.1 Å². The number of hydrogen-bond donors (Lipinski definition) is 2. The van der Waals surface area contributed by atoms with Crippen LogP contribution in [0.15, 0.2) is 48.5 Å². The van der Waals surface area contributed by atoms with Crippen LogP contribution in [0.1, 0.15) is 75.6 Å². The van der Waals surface area contributed by atoms with Gasteiger partial charge in [0.1, 0.15) is 11.5 Å². The lowest BCUT2D eigenvalue weighted by Gasteiger charge is -2.16. The van der Waals surface area contributed by atoms with Crippen molar-refractivity contribution < 1.29 is 10.2 Å². The molecule has 5 aromatic rings. The fourth-order valence-electron chi connectivity index (χ4n) is 5.97. The highest BCUT2D eigenvalue weighted by molar-refractivity contribution is 6.17. The molecule has 0 fully saturated rings. The third-order valence-electron chi connectivity index (χ3n) is 7.69. The summed E-state index contributed by atoms with van der Waals surface area (Å²) in [7, 11) is 0. The van der Waals surface area contributed by atoms with Gasteiger partial charge in [0.05, 0.1) is 0 Å². The fraction of sp³-hybridized carbons (Fsp3) is 0.353. The van der Waals surface area contributed by atoms with Crippen LogP contribution >= 0.6 is 0 Å². The Morgan fingerprint density at radius 3 is 0.806 bits per heavy atom. The second-order valence-electron chi connectivity index (χ2n) is 10.4. The van der Waals surface area contributed by atoms with Crippen LogP contribution in [0.5, 0.6) is 11.5 Å². The van der Waals surface area contributed by atoms with Gasteiger partial charge in [-0.1, -0.05) is 77.6 Å². The fourth-order valence-corrected chi connectivity index (χ4v) is 5.97. The Labute approximate surface area is 214 Å². The molecule has 0 aromatic heterocycles. The first-order chi connectivity index (χ1) is 17.5. The van der Waals surface area contributed by atoms with Crippen molar-refractivity contribution in [3.05, 3.63) is 70.8 Å². The first-order valence-electron chi connectivity index (χ1n) is 13.8. The summed E-state index contributed by atoms with van der Waals surface area (Å²) in [5.41, 5.74) is 5.59. The summed E-state index contributed by atoms with van der Waals surface area (Å²) in [5.74, 6) is 0.511. The van der Waals surface area contributed by atoms with E-state index in [2.05, 4.69) is 76.2 Å². The molecule has 36 heavy (non-hydrogen) atoms. The van der Waals surface area contributed by atoms with E-state index in [-0.39, 0.29) is 11.5 Å². The molecule has 0 aliphatic carbocycles. The van der Waals surface area contributed by atoms with E-state index in [1.54, 1.807) is 0 Å². The molecule has 0 atom stereocenters. The van der Waals surface area contributed by atoms with Crippen LogP contribution < -0.4 is 0 Å². The maximum absolute atomic E-state index is 11.5. The van der Waals surface area contributed by atoms with Crippen molar-refractivity contribution in [2.75, 3.05) is 0 Å². The molecule has 186 valence electrons. The van der Waals surface area contributed by atoms with E-state index in [1.165, 1.54) is 22.3 Å². The maximum atomic E-state index is 11.5. The standard InChI is InChI=1S/C34H38O2/c1-5-9-21-13-25-17-29-30(18-26(25)14-22(21)10-6-2)34(36)32-20-28-16-24(12-8-4)23(11-7-3)15-27(28)19-31(32)33(29)35/h13-20,35-36H,5-12H2,1-4H3. The van der Waals surface area contributed by atoms with E-state index in [9.17, 15) is 10.2 Å². The first kappa shape index (κ1) is 24.4. The highest BCUT2D eigenvalue weighted by atomic mass is 16.3. The van der Waals surface area contributed by atoms with Crippen molar-refractivity contribution in [2.24, 2.45) is 0 Å². The average Bonchev–Trinajstić information content (AvgIpc) is 2.87. The Hall–Kier alpha value is -3.26. The molecule has 0 radical (unpaired) electrons. The molecular formula is C34H38O2. The molecule has 0 amide bonds. The van der Waals surface area contributed by atoms with Crippen molar-refractivity contribution in [3.8, 4) is 11.5 Å². The molecule has 0 saturated heterocycles. The maximum Gasteiger partial charge on any atom is 0.131 e. The molecule has 0 saturated carbocycles. The molecule has 5 rings (SSSR count). The van der Waals surface area contributed by atoms with Crippen molar-refractivity contribution in [2.45, 2.75) is 79.1 Å². The smallest absolute Gasteiger partial charge is 0.131 e. The van der Waals surface area contributed by atoms with E-state index in [4.69, 9.17) is 0 Å². The number of phenols is 2. The lowest BCUT2D eigenvalue weighted by Crippen LogP contribution is -1.95. The van der Waals surface area contributed by atoms with Crippen LogP contribution in [0.3, 0.4) is 0 Å². The lowest BCUT2D eigenvalue weighted by molar-refractivity contribution is 0.478. The minimum Gasteiger partial charge on any atom is -0.507 e. The minimum atomic E-state index is 0.256. The molecule has 0 bridgehead atoms. The lowest BCUT2D eigenvalue weighted by atomic mass is 9.90. The van der Waals surface area contributed by atoms with Crippen LogP contribution in [0.2, 0.25) is 0 Å². The van der Waals surface area contributed by atoms with Crippen LogP contribution in [0.4, 0.5) is 0 Å². The Kier molecular flexibility index (Phi) is 6.79. The third-order valence-corrected chi connectivity index (χ3v) is 7.69. The van der Waals surface area contributed by atoms with Gasteiger partial charge in [-0.2, -0.15) is 0 Å². The number of aryl methyl sites for hydroxylation is 4. The summed E-state index contributed by atoms with van der Waals surface area (Å²) in [5, 5.41) is 30.3. The zero-order valence-corrected chi connectivity index (χ0v) is 22.2. The van der Waals surface area contributed by atoms with Crippen molar-refractivity contribution >= 4 is 43.1 Å². The van der Waals surface area contributed by atoms with Gasteiger partial charge in [0.15, 0.2) is 0 Å². The Balaban J connectivity index is 1.80. The quantitative estimate of drug-likeness (QED) is 0.172. The molecule has 0 spiro atoms. The van der Waals surface area contributed by atoms with Crippen molar-refractivity contribution in [3.63, 3.8) is 0 Å². The van der Waals surface area contributed by atoms with Crippen LogP contribution in [-0.4, -0.2) is 10.2 Å². The van der Waals surface area contributed by atoms with Crippen molar-refractivity contribution in [1.29, 1.82) is 0 Å². The molecule has 2 heteroatoms. The van der Waals surface area contributed by atoms with Gasteiger partial charge >= 0.3 is 0 Å². The van der Waals surface area contributed by atoms with Crippen molar-refractivity contribution in [1.82, 2.24) is 0 Å². The average molecular weight is 479 g/mol. The molecular weight excluding hydrogens is 440 g/mol. The number of benzene rings is 5. The molecule has 5 aromatic carbocycles. The van der Waals surface area contributed by atoms with Gasteiger partial charge in [-0.25, -0.2) is 0 Å². The SMILES string of the molecule is CCCc1cc2cc3c(O)c4cc5cc(CCC)c(CCC)cc5cc4c(O)c3cc2cc1CCC. The van der Waals surface area contributed by atoms with E-state index < -0.39 is 0 Å². The van der Waals surface area contributed by atoms with Gasteiger partial charge in [-0.05, 0) is 93.7 Å². The first-order valence-corrected chi connectivity index (χ1v) is 13.8. The zero-order valence-electron chi connectivity index (χ0n) is 22.2. The van der Waals surface area contributed by atoms with E-state index in [0.717, 1.165) is 72.9 Å². The van der Waals surface area contributed by atoms with Crippen LogP contribution in [-0.2, 0) is 25.7 Å². The van der Waals surface area contributed by atoms with Gasteiger partial charge in [0.2, 0.25) is 0 Å². The number of rotatable bonds is 8. The van der Waals surface area contributed by atoms with E-state index >= 15 is 0 Å². The highest BCUT2D eigenvalue weighted by Crippen LogP contribution is 2.45. The van der Waals surface area contributed by atoms with Gasteiger partial charge in [0, 0.05) is 21.5 Å². The Bertz CT molecular complexity index is 1360. The van der Waals surface area contributed by atoms with Gasteiger partial charge in [-0.15, -0.1) is 0 Å². The summed E-state index contributed by atoms with van der Waals surface area (Å²) < 4.78 is 0. The molecule has 0 heterocycles. The molecule has 0 aliphatic rings. The van der Waals surface area contributed by atoms with E-state index in [1.807, 2.05) is 0 Å².